The van der Waals surface area contributed by atoms with Gasteiger partial charge in [-0.1, -0.05) is 35.9 Å². The lowest BCUT2D eigenvalue weighted by molar-refractivity contribution is -0.117. The van der Waals surface area contributed by atoms with E-state index in [-0.39, 0.29) is 17.3 Å². The summed E-state index contributed by atoms with van der Waals surface area (Å²) in [7, 11) is -1.83. The number of nitrogens with one attached hydrogen (secondary N) is 2. The first-order chi connectivity index (χ1) is 21.1. The normalized spacial score (nSPS) is 20.6. The molecule has 1 amide bonds. The zero-order valence-electron chi connectivity index (χ0n) is 24.9. The highest BCUT2D eigenvalue weighted by Crippen LogP contribution is 2.35. The highest BCUT2D eigenvalue weighted by atomic mass is 35.5. The van der Waals surface area contributed by atoms with Gasteiger partial charge in [-0.3, -0.25) is 4.79 Å². The van der Waals surface area contributed by atoms with Crippen molar-refractivity contribution >= 4 is 33.2 Å². The third-order valence-electron chi connectivity index (χ3n) is 8.41. The fourth-order valence-corrected chi connectivity index (χ4v) is 8.38. The van der Waals surface area contributed by atoms with Crippen molar-refractivity contribution in [2.75, 3.05) is 25.5 Å². The summed E-state index contributed by atoms with van der Waals surface area (Å²) < 4.78 is 48.4. The smallest absolute Gasteiger partial charge is 0.242 e. The van der Waals surface area contributed by atoms with Crippen molar-refractivity contribution in [3.8, 4) is 5.88 Å². The number of piperazine rings is 1. The molecule has 236 valence electrons. The van der Waals surface area contributed by atoms with E-state index in [4.69, 9.17) is 22.1 Å². The Labute approximate surface area is 263 Å². The Bertz CT molecular complexity index is 1550. The van der Waals surface area contributed by atoms with Crippen LogP contribution >= 0.6 is 11.6 Å². The van der Waals surface area contributed by atoms with E-state index in [1.165, 1.54) is 13.2 Å². The Balaban J connectivity index is 1.31. The summed E-state index contributed by atoms with van der Waals surface area (Å²) in [5.41, 5.74) is 8.77. The average Bonchev–Trinajstić information content (AvgIpc) is 3.86. The number of nitrogens with zero attached hydrogens (tertiary/aromatic N) is 2. The molecule has 1 aliphatic heterocycles. The summed E-state index contributed by atoms with van der Waals surface area (Å²) in [5.74, 6) is -1.07. The summed E-state index contributed by atoms with van der Waals surface area (Å²) in [4.78, 5) is 17.9. The van der Waals surface area contributed by atoms with Crippen LogP contribution < -0.4 is 21.1 Å². The number of hydrogen-bond donors (Lipinski definition) is 3. The standard InChI is InChI=1S/C32H39ClFN5O4S/c1-20-17-36-19-24(39(20)44(41,42)25-14-15-25)5-3-6-26-27(34)7-4-8-28(26)38-32(40)31(35)30(21-9-12-23(33)13-10-21)22-11-16-29(43-2)37-18-22/h4,7-13,16,18,20,24-25,30-31,36H,3,5-6,14-15,17,19,35H2,1-2H3,(H,38,40)/t20-,24+,30+,31+/m1/s1. The molecular weight excluding hydrogens is 605 g/mol. The molecule has 9 nitrogen and oxygen atoms in total. The van der Waals surface area contributed by atoms with Gasteiger partial charge in [0.15, 0.2) is 0 Å². The molecule has 0 bridgehead atoms. The Morgan fingerprint density at radius 1 is 1.16 bits per heavy atom. The first-order valence-corrected chi connectivity index (χ1v) is 16.8. The number of carbonyl (C=O) groups excluding carboxylic acids is 1. The Morgan fingerprint density at radius 3 is 2.55 bits per heavy atom. The van der Waals surface area contributed by atoms with Crippen molar-refractivity contribution in [2.24, 2.45) is 5.73 Å². The average molecular weight is 644 g/mol. The summed E-state index contributed by atoms with van der Waals surface area (Å²) in [6.45, 7) is 3.08. The van der Waals surface area contributed by atoms with Crippen molar-refractivity contribution in [2.45, 2.75) is 68.3 Å². The van der Waals surface area contributed by atoms with Crippen LogP contribution in [0.25, 0.3) is 0 Å². The SMILES string of the molecule is COc1ccc([C@H](c2ccc(Cl)cc2)[C@H](N)C(=O)Nc2cccc(F)c2CCC[C@H]2CNC[C@@H](C)N2S(=O)(=O)C2CC2)cn1. The number of amides is 1. The second-order valence-electron chi connectivity index (χ2n) is 11.6. The van der Waals surface area contributed by atoms with Crippen LogP contribution in [-0.2, 0) is 21.2 Å². The van der Waals surface area contributed by atoms with E-state index in [1.807, 2.05) is 19.1 Å². The summed E-state index contributed by atoms with van der Waals surface area (Å²) >= 11 is 6.12. The molecule has 4 atom stereocenters. The molecule has 2 aliphatic rings. The Kier molecular flexibility index (Phi) is 10.2. The summed E-state index contributed by atoms with van der Waals surface area (Å²) in [5, 5.41) is 6.46. The lowest BCUT2D eigenvalue weighted by Gasteiger charge is -2.40. The number of halogens is 2. The molecule has 0 spiro atoms. The number of hydrogen-bond acceptors (Lipinski definition) is 7. The highest BCUT2D eigenvalue weighted by Gasteiger charge is 2.45. The molecule has 1 aliphatic carbocycles. The maximum absolute atomic E-state index is 15.2. The van der Waals surface area contributed by atoms with Crippen LogP contribution in [0.1, 0.15) is 55.2 Å². The Morgan fingerprint density at radius 2 is 1.89 bits per heavy atom. The van der Waals surface area contributed by atoms with Crippen LogP contribution in [0.15, 0.2) is 60.8 Å². The van der Waals surface area contributed by atoms with Gasteiger partial charge in [-0.25, -0.2) is 17.8 Å². The van der Waals surface area contributed by atoms with Gasteiger partial charge in [-0.05, 0) is 74.4 Å². The number of benzene rings is 2. The predicted molar refractivity (Wildman–Crippen MR) is 170 cm³/mol. The van der Waals surface area contributed by atoms with Gasteiger partial charge in [0, 0.05) is 59.6 Å². The largest absolute Gasteiger partial charge is 0.481 e. The fraction of sp³-hybridized carbons (Fsp3) is 0.438. The van der Waals surface area contributed by atoms with Gasteiger partial charge in [0.05, 0.1) is 18.4 Å². The minimum Gasteiger partial charge on any atom is -0.481 e. The molecule has 12 heteroatoms. The lowest BCUT2D eigenvalue weighted by Crippen LogP contribution is -2.58. The third-order valence-corrected chi connectivity index (χ3v) is 11.2. The highest BCUT2D eigenvalue weighted by molar-refractivity contribution is 7.90. The number of carbonyl (C=O) groups is 1. The molecular formula is C32H39ClFN5O4S. The summed E-state index contributed by atoms with van der Waals surface area (Å²) in [6, 6.07) is 13.8. The van der Waals surface area contributed by atoms with Crippen LogP contribution in [0.2, 0.25) is 5.02 Å². The van der Waals surface area contributed by atoms with Gasteiger partial charge in [0.1, 0.15) is 5.82 Å². The zero-order chi connectivity index (χ0) is 31.4. The molecule has 0 unspecified atom stereocenters. The van der Waals surface area contributed by atoms with Crippen molar-refractivity contribution in [1.82, 2.24) is 14.6 Å². The van der Waals surface area contributed by atoms with E-state index in [0.717, 1.165) is 5.56 Å². The second-order valence-corrected chi connectivity index (χ2v) is 14.1. The number of rotatable bonds is 12. The first kappa shape index (κ1) is 32.3. The van der Waals surface area contributed by atoms with Gasteiger partial charge in [0.2, 0.25) is 21.8 Å². The van der Waals surface area contributed by atoms with E-state index in [9.17, 15) is 13.2 Å². The molecule has 2 fully saturated rings. The third kappa shape index (κ3) is 7.24. The van der Waals surface area contributed by atoms with Gasteiger partial charge in [0.25, 0.3) is 0 Å². The minimum absolute atomic E-state index is 0.140. The maximum Gasteiger partial charge on any atom is 0.242 e. The number of sulfonamides is 1. The van der Waals surface area contributed by atoms with Gasteiger partial charge >= 0.3 is 0 Å². The number of nitrogens with two attached hydrogens (primary N) is 1. The van der Waals surface area contributed by atoms with Gasteiger partial charge < -0.3 is 21.1 Å². The van der Waals surface area contributed by atoms with Gasteiger partial charge in [-0.2, -0.15) is 4.31 Å². The maximum atomic E-state index is 15.2. The molecule has 2 aromatic carbocycles. The zero-order valence-corrected chi connectivity index (χ0v) is 26.5. The number of pyridine rings is 1. The van der Waals surface area contributed by atoms with Crippen molar-refractivity contribution < 1.29 is 22.3 Å². The van der Waals surface area contributed by atoms with E-state index < -0.39 is 33.7 Å². The Hall–Kier alpha value is -3.09. The molecule has 2 heterocycles. The minimum atomic E-state index is -3.35. The number of methoxy groups -OCH3 is 1. The van der Waals surface area contributed by atoms with Crippen molar-refractivity contribution in [3.63, 3.8) is 0 Å². The molecule has 4 N–H and O–H groups in total. The predicted octanol–water partition coefficient (Wildman–Crippen LogP) is 4.46. The quantitative estimate of drug-likeness (QED) is 0.266. The second kappa shape index (κ2) is 13.9. The number of aromatic nitrogens is 1. The molecule has 5 rings (SSSR count). The van der Waals surface area contributed by atoms with E-state index in [0.29, 0.717) is 72.9 Å². The molecule has 3 aromatic rings. The molecule has 44 heavy (non-hydrogen) atoms. The van der Waals surface area contributed by atoms with Crippen molar-refractivity contribution in [3.05, 3.63) is 88.3 Å². The van der Waals surface area contributed by atoms with E-state index >= 15 is 4.39 Å². The van der Waals surface area contributed by atoms with Gasteiger partial charge in [-0.15, -0.1) is 0 Å². The number of anilines is 1. The fourth-order valence-electron chi connectivity index (χ4n) is 6.01. The topological polar surface area (TPSA) is 127 Å². The summed E-state index contributed by atoms with van der Waals surface area (Å²) in [6.07, 6.45) is 4.46. The van der Waals surface area contributed by atoms with E-state index in [2.05, 4.69) is 15.6 Å². The van der Waals surface area contributed by atoms with Crippen LogP contribution in [0.3, 0.4) is 0 Å². The molecule has 1 saturated carbocycles. The molecule has 1 saturated heterocycles. The van der Waals surface area contributed by atoms with Crippen LogP contribution in [0.5, 0.6) is 5.88 Å². The van der Waals surface area contributed by atoms with Crippen LogP contribution in [-0.4, -0.2) is 67.2 Å². The van der Waals surface area contributed by atoms with Crippen LogP contribution in [0, 0.1) is 5.82 Å². The number of ether oxygens (including phenoxy) is 1. The van der Waals surface area contributed by atoms with E-state index in [1.54, 1.807) is 46.9 Å². The first-order valence-electron chi connectivity index (χ1n) is 14.9. The van der Waals surface area contributed by atoms with Crippen LogP contribution in [0.4, 0.5) is 10.1 Å². The molecule has 0 radical (unpaired) electrons. The lowest BCUT2D eigenvalue weighted by atomic mass is 9.85. The monoisotopic (exact) mass is 643 g/mol. The molecule has 1 aromatic heterocycles. The van der Waals surface area contributed by atoms with Crippen molar-refractivity contribution in [1.29, 1.82) is 0 Å².